The lowest BCUT2D eigenvalue weighted by atomic mass is 10.3. The molecule has 1 amide bonds. The summed E-state index contributed by atoms with van der Waals surface area (Å²) in [5.74, 6) is 0.500. The minimum Gasteiger partial charge on any atom is -0.310 e. The summed E-state index contributed by atoms with van der Waals surface area (Å²) in [6.45, 7) is 6.62. The highest BCUT2D eigenvalue weighted by Gasteiger charge is 2.07. The number of hydrogen-bond acceptors (Lipinski definition) is 3. The number of amides is 1. The molecule has 1 rings (SSSR count). The van der Waals surface area contributed by atoms with Crippen LogP contribution in [0.15, 0.2) is 29.4 Å². The normalized spacial score (nSPS) is 10.4. The summed E-state index contributed by atoms with van der Waals surface area (Å²) in [4.78, 5) is 17.6. The lowest BCUT2D eigenvalue weighted by Crippen LogP contribution is -2.31. The van der Waals surface area contributed by atoms with E-state index in [2.05, 4.69) is 32.8 Å². The summed E-state index contributed by atoms with van der Waals surface area (Å²) in [7, 11) is 1.86. The maximum absolute atomic E-state index is 11.7. The number of pyridine rings is 1. The summed E-state index contributed by atoms with van der Waals surface area (Å²) >= 11 is 3.26. The molecule has 0 bridgehead atoms. The van der Waals surface area contributed by atoms with E-state index in [9.17, 15) is 4.79 Å². The molecule has 0 saturated heterocycles. The largest absolute Gasteiger partial charge is 0.310 e. The predicted molar refractivity (Wildman–Crippen MR) is 73.2 cm³/mol. The zero-order valence-electron chi connectivity index (χ0n) is 10.0. The van der Waals surface area contributed by atoms with Crippen LogP contribution in [-0.4, -0.2) is 35.9 Å². The lowest BCUT2D eigenvalue weighted by Gasteiger charge is -2.15. The molecule has 0 fully saturated rings. The second-order valence-electron chi connectivity index (χ2n) is 3.96. The van der Waals surface area contributed by atoms with Crippen LogP contribution in [0, 0.1) is 6.92 Å². The van der Waals surface area contributed by atoms with Gasteiger partial charge < -0.3 is 5.32 Å². The Labute approximate surface area is 110 Å². The molecule has 1 aromatic rings. The van der Waals surface area contributed by atoms with Gasteiger partial charge in [-0.2, -0.15) is 0 Å². The van der Waals surface area contributed by atoms with Gasteiger partial charge in [0, 0.05) is 17.2 Å². The van der Waals surface area contributed by atoms with Crippen molar-refractivity contribution in [3.8, 4) is 0 Å². The molecule has 0 aromatic carbocycles. The summed E-state index contributed by atoms with van der Waals surface area (Å²) in [6, 6.07) is 3.72. The van der Waals surface area contributed by atoms with Crippen LogP contribution >= 0.6 is 15.9 Å². The van der Waals surface area contributed by atoms with Crippen LogP contribution < -0.4 is 5.32 Å². The Morgan fingerprint density at radius 3 is 2.88 bits per heavy atom. The van der Waals surface area contributed by atoms with E-state index in [0.29, 0.717) is 18.9 Å². The molecule has 1 aromatic heterocycles. The maximum Gasteiger partial charge on any atom is 0.239 e. The molecule has 0 aliphatic carbocycles. The second-order valence-corrected chi connectivity index (χ2v) is 5.08. The van der Waals surface area contributed by atoms with Crippen LogP contribution in [-0.2, 0) is 4.79 Å². The number of carbonyl (C=O) groups is 1. The standard InChI is InChI=1S/C12H16BrN3O/c1-9-4-5-14-11(6-9)15-12(17)8-16(3)7-10(2)13/h4-6H,2,7-8H2,1,3H3,(H,14,15,17). The van der Waals surface area contributed by atoms with Crippen LogP contribution in [0.3, 0.4) is 0 Å². The van der Waals surface area contributed by atoms with Gasteiger partial charge >= 0.3 is 0 Å². The van der Waals surface area contributed by atoms with Crippen molar-refractivity contribution in [3.63, 3.8) is 0 Å². The number of aromatic nitrogens is 1. The minimum atomic E-state index is -0.0839. The Morgan fingerprint density at radius 2 is 2.29 bits per heavy atom. The van der Waals surface area contributed by atoms with E-state index in [1.165, 1.54) is 0 Å². The molecule has 0 spiro atoms. The third kappa shape index (κ3) is 5.60. The highest BCUT2D eigenvalue weighted by molar-refractivity contribution is 9.11. The Bertz CT molecular complexity index is 420. The van der Waals surface area contributed by atoms with Crippen molar-refractivity contribution in [2.75, 3.05) is 25.5 Å². The molecule has 1 heterocycles. The van der Waals surface area contributed by atoms with E-state index in [-0.39, 0.29) is 5.91 Å². The monoisotopic (exact) mass is 297 g/mol. The molecule has 0 radical (unpaired) electrons. The molecule has 1 N–H and O–H groups in total. The smallest absolute Gasteiger partial charge is 0.239 e. The molecule has 0 aliphatic rings. The van der Waals surface area contributed by atoms with Crippen molar-refractivity contribution in [1.82, 2.24) is 9.88 Å². The molecule has 92 valence electrons. The minimum absolute atomic E-state index is 0.0839. The fourth-order valence-electron chi connectivity index (χ4n) is 1.38. The fourth-order valence-corrected chi connectivity index (χ4v) is 1.81. The SMILES string of the molecule is C=C(Br)CN(C)CC(=O)Nc1cc(C)ccn1. The van der Waals surface area contributed by atoms with E-state index in [1.54, 1.807) is 6.20 Å². The van der Waals surface area contributed by atoms with Crippen molar-refractivity contribution >= 4 is 27.7 Å². The zero-order chi connectivity index (χ0) is 12.8. The van der Waals surface area contributed by atoms with E-state index in [1.807, 2.05) is 31.0 Å². The molecule has 4 nitrogen and oxygen atoms in total. The maximum atomic E-state index is 11.7. The number of nitrogens with zero attached hydrogens (tertiary/aromatic N) is 2. The summed E-state index contributed by atoms with van der Waals surface area (Å²) < 4.78 is 0.849. The van der Waals surface area contributed by atoms with Gasteiger partial charge in [0.25, 0.3) is 0 Å². The number of aryl methyl sites for hydroxylation is 1. The first-order valence-electron chi connectivity index (χ1n) is 5.21. The van der Waals surface area contributed by atoms with Gasteiger partial charge in [0.2, 0.25) is 5.91 Å². The van der Waals surface area contributed by atoms with Gasteiger partial charge in [0.1, 0.15) is 5.82 Å². The Kier molecular flexibility index (Phi) is 5.31. The van der Waals surface area contributed by atoms with Crippen LogP contribution in [0.4, 0.5) is 5.82 Å². The second kappa shape index (κ2) is 6.51. The van der Waals surface area contributed by atoms with Crippen molar-refractivity contribution in [3.05, 3.63) is 35.0 Å². The Morgan fingerprint density at radius 1 is 1.59 bits per heavy atom. The van der Waals surface area contributed by atoms with Gasteiger partial charge in [-0.25, -0.2) is 4.98 Å². The lowest BCUT2D eigenvalue weighted by molar-refractivity contribution is -0.116. The van der Waals surface area contributed by atoms with Crippen LogP contribution in [0.1, 0.15) is 5.56 Å². The van der Waals surface area contributed by atoms with Gasteiger partial charge in [0.15, 0.2) is 0 Å². The average Bonchev–Trinajstić information content (AvgIpc) is 2.14. The quantitative estimate of drug-likeness (QED) is 0.906. The van der Waals surface area contributed by atoms with Crippen LogP contribution in [0.5, 0.6) is 0 Å². The molecule has 5 heteroatoms. The number of likely N-dealkylation sites (N-methyl/N-ethyl adjacent to an activating group) is 1. The third-order valence-corrected chi connectivity index (χ3v) is 2.29. The first-order valence-corrected chi connectivity index (χ1v) is 6.01. The predicted octanol–water partition coefficient (Wildman–Crippen LogP) is 2.17. The summed E-state index contributed by atoms with van der Waals surface area (Å²) in [5, 5.41) is 2.75. The number of nitrogens with one attached hydrogen (secondary N) is 1. The fraction of sp³-hybridized carbons (Fsp3) is 0.333. The average molecular weight is 298 g/mol. The van der Waals surface area contributed by atoms with E-state index in [0.717, 1.165) is 10.0 Å². The molecule has 0 unspecified atom stereocenters. The molecule has 0 atom stereocenters. The number of anilines is 1. The number of rotatable bonds is 5. The number of halogens is 1. The van der Waals surface area contributed by atoms with E-state index >= 15 is 0 Å². The molecule has 17 heavy (non-hydrogen) atoms. The third-order valence-electron chi connectivity index (χ3n) is 2.04. The Hall–Kier alpha value is -1.20. The number of carbonyl (C=O) groups excluding carboxylic acids is 1. The van der Waals surface area contributed by atoms with Crippen LogP contribution in [0.25, 0.3) is 0 Å². The zero-order valence-corrected chi connectivity index (χ0v) is 11.6. The van der Waals surface area contributed by atoms with Crippen molar-refractivity contribution in [2.24, 2.45) is 0 Å². The van der Waals surface area contributed by atoms with Gasteiger partial charge in [-0.3, -0.25) is 9.69 Å². The topological polar surface area (TPSA) is 45.2 Å². The van der Waals surface area contributed by atoms with Gasteiger partial charge in [0.05, 0.1) is 6.54 Å². The highest BCUT2D eigenvalue weighted by Crippen LogP contribution is 2.06. The highest BCUT2D eigenvalue weighted by atomic mass is 79.9. The van der Waals surface area contributed by atoms with Crippen LogP contribution in [0.2, 0.25) is 0 Å². The van der Waals surface area contributed by atoms with Gasteiger partial charge in [-0.15, -0.1) is 0 Å². The van der Waals surface area contributed by atoms with Gasteiger partial charge in [-0.1, -0.05) is 22.5 Å². The molecular formula is C12H16BrN3O. The van der Waals surface area contributed by atoms with Gasteiger partial charge in [-0.05, 0) is 31.7 Å². The summed E-state index contributed by atoms with van der Waals surface area (Å²) in [5.41, 5.74) is 1.07. The number of hydrogen-bond donors (Lipinski definition) is 1. The first-order chi connectivity index (χ1) is 7.97. The Balaban J connectivity index is 2.47. The van der Waals surface area contributed by atoms with E-state index in [4.69, 9.17) is 0 Å². The van der Waals surface area contributed by atoms with Crippen molar-refractivity contribution in [1.29, 1.82) is 0 Å². The molecular weight excluding hydrogens is 282 g/mol. The van der Waals surface area contributed by atoms with E-state index < -0.39 is 0 Å². The summed E-state index contributed by atoms with van der Waals surface area (Å²) in [6.07, 6.45) is 1.68. The molecule has 0 aliphatic heterocycles. The van der Waals surface area contributed by atoms with Crippen molar-refractivity contribution in [2.45, 2.75) is 6.92 Å². The molecule has 0 saturated carbocycles. The van der Waals surface area contributed by atoms with Crippen molar-refractivity contribution < 1.29 is 4.79 Å². The first kappa shape index (κ1) is 13.9.